The minimum Gasteiger partial charge on any atom is -0.460 e. The van der Waals surface area contributed by atoms with Crippen molar-refractivity contribution in [3.8, 4) is 5.69 Å². The van der Waals surface area contributed by atoms with E-state index < -0.39 is 29.3 Å². The lowest BCUT2D eigenvalue weighted by Crippen LogP contribution is -2.41. The zero-order chi connectivity index (χ0) is 31.1. The highest BCUT2D eigenvalue weighted by Crippen LogP contribution is 2.26. The number of aromatic nitrogens is 4. The molecule has 0 fully saturated rings. The predicted octanol–water partition coefficient (Wildman–Crippen LogP) is 4.87. The van der Waals surface area contributed by atoms with Gasteiger partial charge in [0, 0.05) is 24.4 Å². The highest BCUT2D eigenvalue weighted by atomic mass is 35.5. The zero-order valence-corrected chi connectivity index (χ0v) is 24.7. The smallest absolute Gasteiger partial charge is 0.310 e. The molecule has 0 saturated heterocycles. The van der Waals surface area contributed by atoms with Gasteiger partial charge in [0.2, 0.25) is 5.91 Å². The van der Waals surface area contributed by atoms with Crippen molar-refractivity contribution in [1.29, 1.82) is 0 Å². The van der Waals surface area contributed by atoms with E-state index in [1.54, 1.807) is 82.4 Å². The van der Waals surface area contributed by atoms with Gasteiger partial charge in [-0.2, -0.15) is 4.68 Å². The van der Waals surface area contributed by atoms with Crippen molar-refractivity contribution < 1.29 is 23.5 Å². The Bertz CT molecular complexity index is 1620. The third kappa shape index (κ3) is 8.10. The first-order valence-corrected chi connectivity index (χ1v) is 13.6. The number of ether oxygens (including phenoxy) is 1. The number of esters is 1. The van der Waals surface area contributed by atoms with Crippen molar-refractivity contribution in [2.24, 2.45) is 0 Å². The van der Waals surface area contributed by atoms with Gasteiger partial charge in [0.05, 0.1) is 17.1 Å². The van der Waals surface area contributed by atoms with Gasteiger partial charge in [-0.25, -0.2) is 4.39 Å². The predicted molar refractivity (Wildman–Crippen MR) is 160 cm³/mol. The van der Waals surface area contributed by atoms with Crippen LogP contribution in [0.5, 0.6) is 0 Å². The molecule has 2 amide bonds. The highest BCUT2D eigenvalue weighted by Gasteiger charge is 2.26. The molecule has 0 saturated carbocycles. The van der Waals surface area contributed by atoms with Crippen LogP contribution in [-0.4, -0.2) is 50.6 Å². The molecule has 0 unspecified atom stereocenters. The molecular weight excluding hydrogens is 575 g/mol. The van der Waals surface area contributed by atoms with E-state index in [0.29, 0.717) is 11.3 Å². The molecule has 3 aromatic carbocycles. The lowest BCUT2D eigenvalue weighted by atomic mass is 10.0. The van der Waals surface area contributed by atoms with Crippen LogP contribution < -0.4 is 10.2 Å². The number of nitrogens with one attached hydrogen (secondary N) is 1. The van der Waals surface area contributed by atoms with Crippen molar-refractivity contribution in [1.82, 2.24) is 25.5 Å². The molecule has 222 valence electrons. The fourth-order valence-electron chi connectivity index (χ4n) is 4.17. The van der Waals surface area contributed by atoms with E-state index in [2.05, 4.69) is 20.8 Å². The average molecular weight is 605 g/mol. The van der Waals surface area contributed by atoms with Crippen molar-refractivity contribution >= 4 is 41.1 Å². The number of hydrogen-bond donors (Lipinski definition) is 1. The quantitative estimate of drug-likeness (QED) is 0.214. The third-order valence-corrected chi connectivity index (χ3v) is 6.49. The number of carbonyl (C=O) groups excluding carboxylic acids is 3. The number of carbonyl (C=O) groups is 3. The summed E-state index contributed by atoms with van der Waals surface area (Å²) in [6.07, 6.45) is 3.72. The Morgan fingerprint density at radius 2 is 1.77 bits per heavy atom. The minimum absolute atomic E-state index is 0.0128. The molecule has 0 aliphatic rings. The van der Waals surface area contributed by atoms with E-state index in [1.807, 2.05) is 0 Å². The maximum Gasteiger partial charge on any atom is 0.310 e. The van der Waals surface area contributed by atoms with Crippen molar-refractivity contribution in [2.45, 2.75) is 38.8 Å². The molecule has 0 aliphatic heterocycles. The number of likely N-dealkylation sites (N-methyl/N-ethyl adjacent to an activating group) is 1. The van der Waals surface area contributed by atoms with Gasteiger partial charge in [0.15, 0.2) is 5.82 Å². The normalized spacial score (nSPS) is 12.1. The van der Waals surface area contributed by atoms with Gasteiger partial charge in [-0.1, -0.05) is 54.1 Å². The van der Waals surface area contributed by atoms with Crippen LogP contribution >= 0.6 is 11.6 Å². The van der Waals surface area contributed by atoms with Crippen LogP contribution in [0.4, 0.5) is 10.1 Å². The van der Waals surface area contributed by atoms with Crippen LogP contribution in [0, 0.1) is 5.82 Å². The van der Waals surface area contributed by atoms with Gasteiger partial charge in [0.25, 0.3) is 5.91 Å². The molecule has 12 heteroatoms. The fraction of sp³-hybridized carbons (Fsp3) is 0.226. The van der Waals surface area contributed by atoms with E-state index in [9.17, 15) is 18.8 Å². The largest absolute Gasteiger partial charge is 0.460 e. The van der Waals surface area contributed by atoms with Crippen LogP contribution in [0.1, 0.15) is 43.5 Å². The van der Waals surface area contributed by atoms with Crippen molar-refractivity contribution in [3.63, 3.8) is 0 Å². The number of benzene rings is 3. The summed E-state index contributed by atoms with van der Waals surface area (Å²) in [4.78, 5) is 40.4. The summed E-state index contributed by atoms with van der Waals surface area (Å²) < 4.78 is 21.6. The summed E-state index contributed by atoms with van der Waals surface area (Å²) in [5.74, 6) is -2.18. The number of rotatable bonds is 9. The van der Waals surface area contributed by atoms with Crippen LogP contribution in [-0.2, 0) is 25.5 Å². The van der Waals surface area contributed by atoms with Gasteiger partial charge in [0.1, 0.15) is 18.0 Å². The lowest BCUT2D eigenvalue weighted by molar-refractivity contribution is -0.153. The third-order valence-electron chi connectivity index (χ3n) is 6.20. The van der Waals surface area contributed by atoms with E-state index >= 15 is 0 Å². The number of halogens is 2. The Kier molecular flexibility index (Phi) is 9.66. The maximum atomic E-state index is 14.9. The average Bonchev–Trinajstić information content (AvgIpc) is 3.50. The van der Waals surface area contributed by atoms with E-state index in [-0.39, 0.29) is 28.7 Å². The first kappa shape index (κ1) is 31.0. The molecule has 0 spiro atoms. The molecular formula is C31H30ClFN6O4. The number of anilines is 1. The number of hydrogen-bond acceptors (Lipinski definition) is 7. The molecule has 0 bridgehead atoms. The van der Waals surface area contributed by atoms with E-state index in [0.717, 1.165) is 11.6 Å². The maximum absolute atomic E-state index is 14.9. The Morgan fingerprint density at radius 3 is 2.40 bits per heavy atom. The first-order valence-electron chi connectivity index (χ1n) is 13.3. The van der Waals surface area contributed by atoms with Gasteiger partial charge >= 0.3 is 5.97 Å². The number of amides is 2. The molecule has 1 N–H and O–H groups in total. The van der Waals surface area contributed by atoms with Crippen molar-refractivity contribution in [3.05, 3.63) is 107 Å². The summed E-state index contributed by atoms with van der Waals surface area (Å²) in [7, 11) is 1.59. The van der Waals surface area contributed by atoms with Crippen LogP contribution in [0.2, 0.25) is 5.02 Å². The minimum atomic E-state index is -1.06. The summed E-state index contributed by atoms with van der Waals surface area (Å²) in [5.41, 5.74) is 1.49. The molecule has 4 rings (SSSR count). The van der Waals surface area contributed by atoms with Crippen LogP contribution in [0.15, 0.2) is 79.1 Å². The Hall–Kier alpha value is -4.90. The summed E-state index contributed by atoms with van der Waals surface area (Å²) in [5, 5.41) is 13.5. The second-order valence-electron chi connectivity index (χ2n) is 10.6. The van der Waals surface area contributed by atoms with E-state index in [1.165, 1.54) is 34.1 Å². The Labute approximate surface area is 253 Å². The lowest BCUT2D eigenvalue weighted by Gasteiger charge is -2.25. The van der Waals surface area contributed by atoms with Gasteiger partial charge < -0.3 is 15.0 Å². The monoisotopic (exact) mass is 604 g/mol. The number of nitrogens with zero attached hydrogens (tertiary/aromatic N) is 5. The standard InChI is InChI=1S/C31H30ClFN6O4/c1-31(2,3)43-27(41)18-20-10-12-22(13-11-20)38(4)30(42)29(21-8-6-5-7-9-21)35-26(40)17-14-23-25(39-19-34-36-37-39)16-15-24(32)28(23)33/h5-17,19,29H,18H2,1-4H3,(H,35,40)/b17-14+/t29-/m0/s1. The molecule has 0 aliphatic carbocycles. The van der Waals surface area contributed by atoms with Crippen LogP contribution in [0.25, 0.3) is 11.8 Å². The van der Waals surface area contributed by atoms with E-state index in [4.69, 9.17) is 16.3 Å². The zero-order valence-electron chi connectivity index (χ0n) is 24.0. The molecule has 10 nitrogen and oxygen atoms in total. The molecule has 0 radical (unpaired) electrons. The van der Waals surface area contributed by atoms with Gasteiger partial charge in [-0.15, -0.1) is 5.10 Å². The molecule has 1 heterocycles. The second-order valence-corrected chi connectivity index (χ2v) is 11.0. The van der Waals surface area contributed by atoms with Crippen molar-refractivity contribution in [2.75, 3.05) is 11.9 Å². The molecule has 1 atom stereocenters. The van der Waals surface area contributed by atoms with Crippen LogP contribution in [0.3, 0.4) is 0 Å². The SMILES string of the molecule is CN(C(=O)[C@@H](NC(=O)/C=C/c1c(-n2cnnn2)ccc(Cl)c1F)c1ccccc1)c1ccc(CC(=O)OC(C)(C)C)cc1. The Morgan fingerprint density at radius 1 is 1.07 bits per heavy atom. The fourth-order valence-corrected chi connectivity index (χ4v) is 4.34. The number of tetrazole rings is 1. The summed E-state index contributed by atoms with van der Waals surface area (Å²) in [6.45, 7) is 5.40. The summed E-state index contributed by atoms with van der Waals surface area (Å²) >= 11 is 5.98. The molecule has 4 aromatic rings. The summed E-state index contributed by atoms with van der Waals surface area (Å²) in [6, 6.07) is 17.5. The second kappa shape index (κ2) is 13.4. The molecule has 43 heavy (non-hydrogen) atoms. The highest BCUT2D eigenvalue weighted by molar-refractivity contribution is 6.31. The van der Waals surface area contributed by atoms with Gasteiger partial charge in [-0.3, -0.25) is 14.4 Å². The van der Waals surface area contributed by atoms with Gasteiger partial charge in [-0.05, 0) is 72.7 Å². The Balaban J connectivity index is 1.53. The molecule has 1 aromatic heterocycles. The first-order chi connectivity index (χ1) is 20.4. The topological polar surface area (TPSA) is 119 Å².